The Morgan fingerprint density at radius 1 is 0.950 bits per heavy atom. The summed E-state index contributed by atoms with van der Waals surface area (Å²) < 4.78 is 5.38. The van der Waals surface area contributed by atoms with Crippen molar-refractivity contribution in [2.24, 2.45) is 0 Å². The summed E-state index contributed by atoms with van der Waals surface area (Å²) in [4.78, 5) is 48.1. The first-order chi connectivity index (χ1) is 9.54. The Hall–Kier alpha value is -2.28. The molecule has 4 amide bonds. The van der Waals surface area contributed by atoms with Gasteiger partial charge in [0, 0.05) is 30.9 Å². The van der Waals surface area contributed by atoms with Crippen LogP contribution in [0.1, 0.15) is 6.42 Å². The van der Waals surface area contributed by atoms with Gasteiger partial charge in [-0.25, -0.2) is 4.90 Å². The molecule has 0 aromatic rings. The van der Waals surface area contributed by atoms with Crippen LogP contribution in [0, 0.1) is 6.92 Å². The van der Waals surface area contributed by atoms with Crippen LogP contribution in [0.25, 0.3) is 0 Å². The van der Waals surface area contributed by atoms with Crippen LogP contribution in [-0.4, -0.2) is 52.8 Å². The van der Waals surface area contributed by atoms with Crippen LogP contribution in [0.4, 0.5) is 0 Å². The van der Waals surface area contributed by atoms with Crippen molar-refractivity contribution in [3.8, 4) is 0 Å². The molecule has 0 bridgehead atoms. The highest BCUT2D eigenvalue weighted by atomic mass is 16.5. The van der Waals surface area contributed by atoms with Gasteiger partial charge in [-0.3, -0.25) is 24.1 Å². The lowest BCUT2D eigenvalue weighted by atomic mass is 10.4. The van der Waals surface area contributed by atoms with Crippen LogP contribution >= 0.6 is 0 Å². The van der Waals surface area contributed by atoms with Crippen molar-refractivity contribution in [1.29, 1.82) is 0 Å². The molecule has 0 aromatic carbocycles. The number of amides is 4. The Morgan fingerprint density at radius 3 is 1.95 bits per heavy atom. The molecule has 2 rings (SSSR count). The summed E-state index contributed by atoms with van der Waals surface area (Å²) in [5.74, 6) is -2.05. The van der Waals surface area contributed by atoms with Gasteiger partial charge in [-0.2, -0.15) is 0 Å². The largest absolute Gasteiger partial charge is 0.356 e. The molecule has 2 aliphatic rings. The van der Waals surface area contributed by atoms with Gasteiger partial charge in [0.1, 0.15) is 0 Å². The van der Waals surface area contributed by atoms with Gasteiger partial charge < -0.3 is 4.74 Å². The normalized spacial score (nSPS) is 19.6. The minimum atomic E-state index is -1.00. The standard InChI is InChI=1S/C13H13N2O5/c1-2-7-20-13(15-11(18)5-6-12(15)19)8-14-9(16)3-4-10(14)17/h3-6,13H,1-2,7-8H2. The molecule has 1 unspecified atom stereocenters. The lowest BCUT2D eigenvalue weighted by Gasteiger charge is -2.29. The van der Waals surface area contributed by atoms with Gasteiger partial charge in [0.05, 0.1) is 6.54 Å². The minimum absolute atomic E-state index is 0.191. The van der Waals surface area contributed by atoms with Crippen molar-refractivity contribution >= 4 is 23.6 Å². The average Bonchev–Trinajstić information content (AvgIpc) is 2.91. The zero-order valence-corrected chi connectivity index (χ0v) is 10.7. The average molecular weight is 277 g/mol. The fourth-order valence-electron chi connectivity index (χ4n) is 1.89. The topological polar surface area (TPSA) is 84.0 Å². The highest BCUT2D eigenvalue weighted by Crippen LogP contribution is 2.14. The third-order valence-corrected chi connectivity index (χ3v) is 2.83. The van der Waals surface area contributed by atoms with Crippen molar-refractivity contribution in [3.05, 3.63) is 31.2 Å². The molecule has 105 valence electrons. The van der Waals surface area contributed by atoms with Gasteiger partial charge in [-0.05, 0) is 6.42 Å². The Balaban J connectivity index is 2.12. The van der Waals surface area contributed by atoms with Crippen molar-refractivity contribution in [2.45, 2.75) is 12.6 Å². The molecule has 0 aromatic heterocycles. The minimum Gasteiger partial charge on any atom is -0.356 e. The number of hydrogen-bond donors (Lipinski definition) is 0. The number of carbonyl (C=O) groups is 4. The lowest BCUT2D eigenvalue weighted by Crippen LogP contribution is -2.50. The van der Waals surface area contributed by atoms with E-state index in [-0.39, 0.29) is 13.2 Å². The van der Waals surface area contributed by atoms with E-state index in [1.165, 1.54) is 0 Å². The molecule has 0 fully saturated rings. The highest BCUT2D eigenvalue weighted by Gasteiger charge is 2.36. The van der Waals surface area contributed by atoms with Crippen LogP contribution in [0.3, 0.4) is 0 Å². The van der Waals surface area contributed by atoms with E-state index in [0.717, 1.165) is 34.1 Å². The van der Waals surface area contributed by atoms with Crippen LogP contribution in [0.2, 0.25) is 0 Å². The first-order valence-electron chi connectivity index (χ1n) is 6.04. The SMILES string of the molecule is [CH2]CCOC(CN1C(=O)C=CC1=O)N1C(=O)C=CC1=O. The Kier molecular flexibility index (Phi) is 4.09. The summed E-state index contributed by atoms with van der Waals surface area (Å²) in [5.41, 5.74) is 0. The zero-order chi connectivity index (χ0) is 14.7. The Bertz CT molecular complexity index is 487. The number of hydrogen-bond acceptors (Lipinski definition) is 5. The maximum absolute atomic E-state index is 11.6. The number of rotatable bonds is 6. The molecular weight excluding hydrogens is 264 g/mol. The van der Waals surface area contributed by atoms with E-state index < -0.39 is 29.9 Å². The van der Waals surface area contributed by atoms with Gasteiger partial charge in [0.15, 0.2) is 6.23 Å². The molecule has 0 spiro atoms. The molecule has 1 atom stereocenters. The van der Waals surface area contributed by atoms with Crippen LogP contribution in [0.15, 0.2) is 24.3 Å². The predicted molar refractivity (Wildman–Crippen MR) is 66.6 cm³/mol. The van der Waals surface area contributed by atoms with Gasteiger partial charge in [0.25, 0.3) is 23.6 Å². The highest BCUT2D eigenvalue weighted by molar-refractivity contribution is 6.14. The summed E-state index contributed by atoms with van der Waals surface area (Å²) >= 11 is 0. The maximum atomic E-state index is 11.6. The van der Waals surface area contributed by atoms with E-state index >= 15 is 0 Å². The fraction of sp³-hybridized carbons (Fsp3) is 0.308. The fourth-order valence-corrected chi connectivity index (χ4v) is 1.89. The predicted octanol–water partition coefficient (Wildman–Crippen LogP) is -0.597. The number of carbonyl (C=O) groups excluding carboxylic acids is 4. The lowest BCUT2D eigenvalue weighted by molar-refractivity contribution is -0.159. The summed E-state index contributed by atoms with van der Waals surface area (Å²) in [5, 5.41) is 0. The van der Waals surface area contributed by atoms with E-state index in [1.807, 2.05) is 0 Å². The molecular formula is C13H13N2O5. The molecule has 0 aliphatic carbocycles. The first kappa shape index (κ1) is 14.1. The zero-order valence-electron chi connectivity index (χ0n) is 10.7. The van der Waals surface area contributed by atoms with Crippen molar-refractivity contribution < 1.29 is 23.9 Å². The second-order valence-electron chi connectivity index (χ2n) is 4.18. The van der Waals surface area contributed by atoms with Crippen molar-refractivity contribution in [3.63, 3.8) is 0 Å². The third kappa shape index (κ3) is 2.67. The number of imide groups is 2. The number of ether oxygens (including phenoxy) is 1. The summed E-state index contributed by atoms with van der Waals surface area (Å²) in [6.45, 7) is 3.60. The molecule has 0 N–H and O–H groups in total. The number of nitrogens with zero attached hydrogens (tertiary/aromatic N) is 2. The molecule has 2 aliphatic heterocycles. The Labute approximate surface area is 115 Å². The van der Waals surface area contributed by atoms with E-state index in [2.05, 4.69) is 6.92 Å². The molecule has 0 saturated carbocycles. The van der Waals surface area contributed by atoms with Gasteiger partial charge in [-0.1, -0.05) is 6.92 Å². The van der Waals surface area contributed by atoms with E-state index in [1.54, 1.807) is 0 Å². The summed E-state index contributed by atoms with van der Waals surface area (Å²) in [6.07, 6.45) is 3.93. The summed E-state index contributed by atoms with van der Waals surface area (Å²) in [6, 6.07) is 0. The quantitative estimate of drug-likeness (QED) is 0.605. The van der Waals surface area contributed by atoms with Gasteiger partial charge in [-0.15, -0.1) is 0 Å². The third-order valence-electron chi connectivity index (χ3n) is 2.83. The molecule has 2 heterocycles. The Morgan fingerprint density at radius 2 is 1.45 bits per heavy atom. The monoisotopic (exact) mass is 277 g/mol. The molecule has 0 saturated heterocycles. The van der Waals surface area contributed by atoms with E-state index in [9.17, 15) is 19.2 Å². The van der Waals surface area contributed by atoms with Crippen molar-refractivity contribution in [2.75, 3.05) is 13.2 Å². The second kappa shape index (κ2) is 5.79. The molecule has 20 heavy (non-hydrogen) atoms. The van der Waals surface area contributed by atoms with E-state index in [0.29, 0.717) is 6.42 Å². The van der Waals surface area contributed by atoms with Crippen molar-refractivity contribution in [1.82, 2.24) is 9.80 Å². The van der Waals surface area contributed by atoms with Crippen LogP contribution in [-0.2, 0) is 23.9 Å². The van der Waals surface area contributed by atoms with E-state index in [4.69, 9.17) is 4.74 Å². The maximum Gasteiger partial charge on any atom is 0.255 e. The smallest absolute Gasteiger partial charge is 0.255 e. The van der Waals surface area contributed by atoms with Crippen LogP contribution in [0.5, 0.6) is 0 Å². The first-order valence-corrected chi connectivity index (χ1v) is 6.04. The molecule has 7 heteroatoms. The van der Waals surface area contributed by atoms with Crippen LogP contribution < -0.4 is 0 Å². The van der Waals surface area contributed by atoms with Gasteiger partial charge in [0.2, 0.25) is 0 Å². The van der Waals surface area contributed by atoms with Gasteiger partial charge >= 0.3 is 0 Å². The molecule has 1 radical (unpaired) electrons. The summed E-state index contributed by atoms with van der Waals surface area (Å²) in [7, 11) is 0. The second-order valence-corrected chi connectivity index (χ2v) is 4.18. The molecule has 7 nitrogen and oxygen atoms in total.